The molecule has 0 bridgehead atoms. The van der Waals surface area contributed by atoms with Crippen molar-refractivity contribution < 1.29 is 4.79 Å². The second-order valence-electron chi connectivity index (χ2n) is 5.12. The fourth-order valence-electron chi connectivity index (χ4n) is 2.54. The maximum absolute atomic E-state index is 11.1. The molecule has 0 aliphatic carbocycles. The van der Waals surface area contributed by atoms with Gasteiger partial charge in [0.15, 0.2) is 0 Å². The molecular formula is C14H20ClN3O. The average Bonchev–Trinajstić information content (AvgIpc) is 2.39. The predicted octanol–water partition coefficient (Wildman–Crippen LogP) is 1.87. The number of primary amides is 1. The van der Waals surface area contributed by atoms with E-state index in [1.165, 1.54) is 12.8 Å². The first-order valence-corrected chi connectivity index (χ1v) is 6.97. The minimum Gasteiger partial charge on any atom is -0.373 e. The fourth-order valence-corrected chi connectivity index (χ4v) is 2.86. The van der Waals surface area contributed by atoms with Crippen LogP contribution in [-0.4, -0.2) is 32.6 Å². The minimum absolute atomic E-state index is 0.446. The van der Waals surface area contributed by atoms with Crippen molar-refractivity contribution in [2.24, 2.45) is 11.7 Å². The highest BCUT2D eigenvalue weighted by molar-refractivity contribution is 6.33. The van der Waals surface area contributed by atoms with Crippen LogP contribution in [0, 0.1) is 5.92 Å². The lowest BCUT2D eigenvalue weighted by Crippen LogP contribution is -2.37. The van der Waals surface area contributed by atoms with Crippen LogP contribution in [0.3, 0.4) is 0 Å². The number of anilines is 1. The first kappa shape index (κ1) is 14.2. The average molecular weight is 282 g/mol. The van der Waals surface area contributed by atoms with Gasteiger partial charge >= 0.3 is 0 Å². The van der Waals surface area contributed by atoms with E-state index in [4.69, 9.17) is 17.3 Å². The van der Waals surface area contributed by atoms with Gasteiger partial charge in [-0.3, -0.25) is 4.79 Å². The number of amides is 1. The molecule has 104 valence electrons. The summed E-state index contributed by atoms with van der Waals surface area (Å²) in [5, 5.41) is 3.98. The van der Waals surface area contributed by atoms with Gasteiger partial charge in [-0.05, 0) is 50.0 Å². The van der Waals surface area contributed by atoms with Gasteiger partial charge < -0.3 is 16.0 Å². The lowest BCUT2D eigenvalue weighted by atomic mass is 9.99. The molecule has 0 aromatic heterocycles. The largest absolute Gasteiger partial charge is 0.373 e. The van der Waals surface area contributed by atoms with Crippen molar-refractivity contribution >= 4 is 23.2 Å². The molecule has 0 spiro atoms. The molecule has 1 unspecified atom stereocenters. The molecule has 1 amide bonds. The summed E-state index contributed by atoms with van der Waals surface area (Å²) in [7, 11) is 2.03. The number of hydrogen-bond donors (Lipinski definition) is 2. The molecular weight excluding hydrogens is 262 g/mol. The number of rotatable bonds is 4. The Hall–Kier alpha value is -1.26. The molecule has 0 radical (unpaired) electrons. The third-order valence-corrected chi connectivity index (χ3v) is 3.88. The lowest BCUT2D eigenvalue weighted by Gasteiger charge is -2.29. The summed E-state index contributed by atoms with van der Waals surface area (Å²) in [6, 6.07) is 5.21. The molecule has 3 N–H and O–H groups in total. The van der Waals surface area contributed by atoms with Crippen LogP contribution in [-0.2, 0) is 0 Å². The van der Waals surface area contributed by atoms with E-state index < -0.39 is 5.91 Å². The molecule has 2 rings (SSSR count). The number of carbonyl (C=O) groups excluding carboxylic acids is 1. The van der Waals surface area contributed by atoms with Gasteiger partial charge in [0.2, 0.25) is 5.91 Å². The van der Waals surface area contributed by atoms with Gasteiger partial charge in [0.1, 0.15) is 0 Å². The number of piperidine rings is 1. The van der Waals surface area contributed by atoms with Crippen LogP contribution < -0.4 is 16.0 Å². The maximum atomic E-state index is 11.1. The molecule has 0 saturated carbocycles. The third kappa shape index (κ3) is 3.61. The number of halogens is 1. The van der Waals surface area contributed by atoms with E-state index in [1.807, 2.05) is 13.1 Å². The van der Waals surface area contributed by atoms with Crippen molar-refractivity contribution in [3.63, 3.8) is 0 Å². The summed E-state index contributed by atoms with van der Waals surface area (Å²) >= 11 is 6.22. The van der Waals surface area contributed by atoms with E-state index in [9.17, 15) is 4.79 Å². The van der Waals surface area contributed by atoms with Crippen LogP contribution in [0.5, 0.6) is 0 Å². The second kappa shape index (κ2) is 6.26. The Labute approximate surface area is 118 Å². The van der Waals surface area contributed by atoms with Crippen molar-refractivity contribution in [1.82, 2.24) is 5.32 Å². The molecule has 1 aliphatic rings. The van der Waals surface area contributed by atoms with Gasteiger partial charge in [0.25, 0.3) is 0 Å². The van der Waals surface area contributed by atoms with Gasteiger partial charge in [-0.2, -0.15) is 0 Å². The Balaban J connectivity index is 2.05. The van der Waals surface area contributed by atoms with Crippen molar-refractivity contribution in [1.29, 1.82) is 0 Å². The standard InChI is InChI=1S/C14H20ClN3O/c1-18(9-10-3-2-6-17-8-10)13-5-4-11(14(16)19)7-12(13)15/h4-5,7,10,17H,2-3,6,8-9H2,1H3,(H2,16,19). The Morgan fingerprint density at radius 1 is 1.58 bits per heavy atom. The number of nitrogens with two attached hydrogens (primary N) is 1. The van der Waals surface area contributed by atoms with Crippen molar-refractivity contribution in [2.75, 3.05) is 31.6 Å². The maximum Gasteiger partial charge on any atom is 0.248 e. The molecule has 1 heterocycles. The van der Waals surface area contributed by atoms with Crippen LogP contribution in [0.2, 0.25) is 5.02 Å². The lowest BCUT2D eigenvalue weighted by molar-refractivity contribution is 0.100. The van der Waals surface area contributed by atoms with E-state index in [1.54, 1.807) is 12.1 Å². The summed E-state index contributed by atoms with van der Waals surface area (Å²) in [6.07, 6.45) is 2.47. The Bertz CT molecular complexity index is 458. The Morgan fingerprint density at radius 3 is 2.95 bits per heavy atom. The number of hydrogen-bond acceptors (Lipinski definition) is 3. The first-order chi connectivity index (χ1) is 9.08. The highest BCUT2D eigenvalue weighted by Crippen LogP contribution is 2.27. The highest BCUT2D eigenvalue weighted by atomic mass is 35.5. The van der Waals surface area contributed by atoms with Gasteiger partial charge in [0.05, 0.1) is 10.7 Å². The van der Waals surface area contributed by atoms with E-state index in [2.05, 4.69) is 10.2 Å². The predicted molar refractivity (Wildman–Crippen MR) is 78.8 cm³/mol. The van der Waals surface area contributed by atoms with E-state index in [0.29, 0.717) is 16.5 Å². The second-order valence-corrected chi connectivity index (χ2v) is 5.53. The summed E-state index contributed by atoms with van der Waals surface area (Å²) in [5.41, 5.74) is 6.63. The van der Waals surface area contributed by atoms with Crippen LogP contribution in [0.4, 0.5) is 5.69 Å². The zero-order valence-corrected chi connectivity index (χ0v) is 11.9. The minimum atomic E-state index is -0.451. The zero-order valence-electron chi connectivity index (χ0n) is 11.2. The van der Waals surface area contributed by atoms with E-state index in [-0.39, 0.29) is 0 Å². The monoisotopic (exact) mass is 281 g/mol. The molecule has 1 aromatic carbocycles. The SMILES string of the molecule is CN(CC1CCCNC1)c1ccc(C(N)=O)cc1Cl. The van der Waals surface area contributed by atoms with Crippen molar-refractivity contribution in [3.8, 4) is 0 Å². The Kier molecular flexibility index (Phi) is 4.66. The van der Waals surface area contributed by atoms with Crippen LogP contribution in [0.15, 0.2) is 18.2 Å². The normalized spacial score (nSPS) is 19.2. The summed E-state index contributed by atoms with van der Waals surface area (Å²) < 4.78 is 0. The number of nitrogens with zero attached hydrogens (tertiary/aromatic N) is 1. The molecule has 1 fully saturated rings. The van der Waals surface area contributed by atoms with E-state index in [0.717, 1.165) is 25.3 Å². The number of benzene rings is 1. The van der Waals surface area contributed by atoms with Crippen molar-refractivity contribution in [2.45, 2.75) is 12.8 Å². The van der Waals surface area contributed by atoms with Gasteiger partial charge in [-0.15, -0.1) is 0 Å². The smallest absolute Gasteiger partial charge is 0.248 e. The molecule has 1 saturated heterocycles. The number of carbonyl (C=O) groups is 1. The summed E-state index contributed by atoms with van der Waals surface area (Å²) in [5.74, 6) is 0.193. The molecule has 19 heavy (non-hydrogen) atoms. The Morgan fingerprint density at radius 2 is 2.37 bits per heavy atom. The zero-order chi connectivity index (χ0) is 13.8. The summed E-state index contributed by atoms with van der Waals surface area (Å²) in [4.78, 5) is 13.2. The fraction of sp³-hybridized carbons (Fsp3) is 0.500. The van der Waals surface area contributed by atoms with E-state index >= 15 is 0 Å². The van der Waals surface area contributed by atoms with Crippen LogP contribution in [0.25, 0.3) is 0 Å². The molecule has 1 atom stereocenters. The molecule has 1 aromatic rings. The van der Waals surface area contributed by atoms with Gasteiger partial charge in [-0.1, -0.05) is 11.6 Å². The topological polar surface area (TPSA) is 58.4 Å². The third-order valence-electron chi connectivity index (χ3n) is 3.57. The van der Waals surface area contributed by atoms with Gasteiger partial charge in [-0.25, -0.2) is 0 Å². The van der Waals surface area contributed by atoms with Crippen molar-refractivity contribution in [3.05, 3.63) is 28.8 Å². The molecule has 5 heteroatoms. The quantitative estimate of drug-likeness (QED) is 0.886. The van der Waals surface area contributed by atoms with Crippen LogP contribution >= 0.6 is 11.6 Å². The first-order valence-electron chi connectivity index (χ1n) is 6.59. The van der Waals surface area contributed by atoms with Gasteiger partial charge in [0, 0.05) is 19.2 Å². The molecule has 4 nitrogen and oxygen atoms in total. The molecule has 1 aliphatic heterocycles. The summed E-state index contributed by atoms with van der Waals surface area (Å²) in [6.45, 7) is 3.14. The highest BCUT2D eigenvalue weighted by Gasteiger charge is 2.17. The van der Waals surface area contributed by atoms with Crippen LogP contribution in [0.1, 0.15) is 23.2 Å². The number of nitrogens with one attached hydrogen (secondary N) is 1.